The van der Waals surface area contributed by atoms with Gasteiger partial charge in [0.25, 0.3) is 12.1 Å². The summed E-state index contributed by atoms with van der Waals surface area (Å²) >= 11 is 0. The van der Waals surface area contributed by atoms with Crippen LogP contribution in [-0.2, 0) is 14.4 Å². The monoisotopic (exact) mass is 770 g/mol. The molecule has 0 radical (unpaired) electrons. The summed E-state index contributed by atoms with van der Waals surface area (Å²) in [5.74, 6) is -3.94. The summed E-state index contributed by atoms with van der Waals surface area (Å²) in [5, 5.41) is 12.2. The molecule has 296 valence electrons. The van der Waals surface area contributed by atoms with Crippen molar-refractivity contribution in [2.75, 3.05) is 45.9 Å². The Bertz CT molecular complexity index is 1930. The molecule has 4 atom stereocenters. The van der Waals surface area contributed by atoms with Crippen LogP contribution >= 0.6 is 0 Å². The Morgan fingerprint density at radius 3 is 2.23 bits per heavy atom. The third-order valence-corrected chi connectivity index (χ3v) is 11.8. The van der Waals surface area contributed by atoms with E-state index in [1.165, 1.54) is 4.90 Å². The number of amides is 3. The van der Waals surface area contributed by atoms with Crippen LogP contribution in [0.5, 0.6) is 11.5 Å². The molecule has 0 aliphatic carbocycles. The molecular weight excluding hydrogens is 720 g/mol. The zero-order chi connectivity index (χ0) is 39.4. The SMILES string of the molecule is CC/C(=C(\c1ccc(O)cc1)c1ccc(OCC(F)(F)CCCN2CCN(C3CCC4C(=O)N(C5CCC(=O)NC5=O)CC4[N+]3=O)CC2)cc1)c1ccccc1. The van der Waals surface area contributed by atoms with E-state index in [-0.39, 0.29) is 49.5 Å². The number of likely N-dealkylation sites (tertiary alicyclic amines) is 1. The number of piperidine rings is 2. The fourth-order valence-corrected chi connectivity index (χ4v) is 8.78. The Morgan fingerprint density at radius 1 is 0.893 bits per heavy atom. The van der Waals surface area contributed by atoms with Crippen molar-refractivity contribution in [1.82, 2.24) is 20.0 Å². The van der Waals surface area contributed by atoms with Crippen LogP contribution in [0, 0.1) is 10.8 Å². The molecule has 4 heterocycles. The molecule has 3 aromatic rings. The number of carbonyl (C=O) groups excluding carboxylic acids is 3. The lowest BCUT2D eigenvalue weighted by molar-refractivity contribution is -0.654. The summed E-state index contributed by atoms with van der Waals surface area (Å²) in [4.78, 5) is 56.6. The second-order valence-corrected chi connectivity index (χ2v) is 15.3. The van der Waals surface area contributed by atoms with Gasteiger partial charge in [0, 0.05) is 55.1 Å². The number of aromatic hydroxyl groups is 1. The van der Waals surface area contributed by atoms with Gasteiger partial charge in [-0.3, -0.25) is 19.7 Å². The maximum Gasteiger partial charge on any atom is 0.281 e. The van der Waals surface area contributed by atoms with Crippen LogP contribution in [0.2, 0.25) is 0 Å². The molecule has 4 fully saturated rings. The number of rotatable bonds is 13. The van der Waals surface area contributed by atoms with E-state index >= 15 is 8.78 Å². The lowest BCUT2D eigenvalue weighted by Crippen LogP contribution is -2.57. The van der Waals surface area contributed by atoms with Crippen LogP contribution in [0.25, 0.3) is 11.1 Å². The van der Waals surface area contributed by atoms with Crippen molar-refractivity contribution >= 4 is 28.9 Å². The minimum absolute atomic E-state index is 0.169. The fraction of sp³-hybridized carbons (Fsp3) is 0.465. The number of benzene rings is 3. The van der Waals surface area contributed by atoms with E-state index in [4.69, 9.17) is 4.74 Å². The van der Waals surface area contributed by atoms with Crippen LogP contribution in [0.3, 0.4) is 0 Å². The van der Waals surface area contributed by atoms with Crippen molar-refractivity contribution in [2.45, 2.75) is 76.0 Å². The van der Waals surface area contributed by atoms with Gasteiger partial charge in [0.15, 0.2) is 6.61 Å². The molecule has 0 saturated carbocycles. The minimum Gasteiger partial charge on any atom is -0.508 e. The highest BCUT2D eigenvalue weighted by molar-refractivity contribution is 6.02. The number of halogens is 2. The molecule has 0 spiro atoms. The zero-order valence-corrected chi connectivity index (χ0v) is 31.7. The second-order valence-electron chi connectivity index (χ2n) is 15.3. The van der Waals surface area contributed by atoms with E-state index in [1.54, 1.807) is 24.3 Å². The highest BCUT2D eigenvalue weighted by Crippen LogP contribution is 2.37. The number of phenolic OH excluding ortho intramolecular Hbond substituents is 1. The average molecular weight is 771 g/mol. The van der Waals surface area contributed by atoms with Gasteiger partial charge in [0.2, 0.25) is 23.8 Å². The number of fused-ring (bicyclic) bond motifs is 1. The third kappa shape index (κ3) is 8.68. The van der Waals surface area contributed by atoms with Crippen LogP contribution in [0.4, 0.5) is 8.78 Å². The molecule has 3 amide bonds. The summed E-state index contributed by atoms with van der Waals surface area (Å²) in [5.41, 5.74) is 5.06. The van der Waals surface area contributed by atoms with Gasteiger partial charge in [-0.2, -0.15) is 0 Å². The fourth-order valence-electron chi connectivity index (χ4n) is 8.78. The maximum absolute atomic E-state index is 15.0. The first-order valence-electron chi connectivity index (χ1n) is 19.8. The van der Waals surface area contributed by atoms with Gasteiger partial charge >= 0.3 is 0 Å². The van der Waals surface area contributed by atoms with Crippen molar-refractivity contribution in [3.05, 3.63) is 100 Å². The lowest BCUT2D eigenvalue weighted by atomic mass is 9.88. The van der Waals surface area contributed by atoms with Crippen LogP contribution < -0.4 is 10.1 Å². The third-order valence-electron chi connectivity index (χ3n) is 11.8. The number of alkyl halides is 2. The molecular formula is C43H50F2N5O6+. The van der Waals surface area contributed by atoms with Crippen LogP contribution in [0.15, 0.2) is 78.9 Å². The van der Waals surface area contributed by atoms with E-state index < -0.39 is 36.4 Å². The predicted octanol–water partition coefficient (Wildman–Crippen LogP) is 5.70. The van der Waals surface area contributed by atoms with Gasteiger partial charge in [-0.1, -0.05) is 61.5 Å². The summed E-state index contributed by atoms with van der Waals surface area (Å²) in [6.07, 6.45) is 1.91. The van der Waals surface area contributed by atoms with Gasteiger partial charge in [-0.25, -0.2) is 13.7 Å². The van der Waals surface area contributed by atoms with Crippen LogP contribution in [-0.4, -0.2) is 112 Å². The first kappa shape index (κ1) is 39.2. The van der Waals surface area contributed by atoms with Gasteiger partial charge in [-0.15, -0.1) is 0 Å². The smallest absolute Gasteiger partial charge is 0.281 e. The molecule has 4 aliphatic rings. The molecule has 56 heavy (non-hydrogen) atoms. The van der Waals surface area contributed by atoms with E-state index in [1.807, 2.05) is 42.5 Å². The Labute approximate surface area is 325 Å². The van der Waals surface area contributed by atoms with Crippen molar-refractivity contribution in [1.29, 1.82) is 0 Å². The van der Waals surface area contributed by atoms with E-state index in [9.17, 15) is 24.4 Å². The van der Waals surface area contributed by atoms with E-state index in [0.29, 0.717) is 57.7 Å². The second kappa shape index (κ2) is 17.0. The summed E-state index contributed by atoms with van der Waals surface area (Å²) in [6, 6.07) is 23.1. The number of phenols is 1. The van der Waals surface area contributed by atoms with Gasteiger partial charge < -0.3 is 19.6 Å². The molecule has 11 nitrogen and oxygen atoms in total. The van der Waals surface area contributed by atoms with Crippen molar-refractivity contribution in [3.63, 3.8) is 0 Å². The van der Waals surface area contributed by atoms with E-state index in [0.717, 1.165) is 39.0 Å². The Kier molecular flexibility index (Phi) is 11.9. The van der Waals surface area contributed by atoms with Crippen molar-refractivity contribution in [2.24, 2.45) is 5.92 Å². The van der Waals surface area contributed by atoms with Crippen LogP contribution in [0.1, 0.15) is 68.6 Å². The molecule has 4 unspecified atom stereocenters. The standard InChI is InChI=1S/C43H49F2N5O6/c1-2-34(29-7-4-3-5-8-29)40(30-9-13-32(51)14-10-30)31-11-15-33(16-12-31)56-28-43(44,45)21-6-22-47-23-25-48(26-24-47)39-20-17-35-37(50(39)55)27-49(42(35)54)36-18-19-38(52)46-41(36)53/h3-5,7-16,35-37,39H,2,6,17-28H2,1H3,(H-,46,51,52,53)/p+1/b40-34-. The molecule has 2 N–H and O–H groups in total. The molecule has 4 aliphatic heterocycles. The number of imide groups is 1. The molecule has 3 aromatic carbocycles. The number of ether oxygens (including phenoxy) is 1. The number of hydrogen-bond donors (Lipinski definition) is 2. The number of carbonyl (C=O) groups is 3. The van der Waals surface area contributed by atoms with E-state index in [2.05, 4.69) is 34.2 Å². The number of allylic oxidation sites excluding steroid dienone is 1. The Balaban J connectivity index is 0.876. The quantitative estimate of drug-likeness (QED) is 0.129. The molecule has 7 rings (SSSR count). The summed E-state index contributed by atoms with van der Waals surface area (Å²) < 4.78 is 36.7. The molecule has 13 heteroatoms. The molecule has 0 bridgehead atoms. The summed E-state index contributed by atoms with van der Waals surface area (Å²) in [7, 11) is 0. The largest absolute Gasteiger partial charge is 0.508 e. The first-order chi connectivity index (χ1) is 27.0. The molecule has 4 saturated heterocycles. The number of piperazine rings is 1. The normalized spacial score (nSPS) is 24.2. The van der Waals surface area contributed by atoms with Gasteiger partial charge in [0.05, 0.1) is 6.54 Å². The number of nitrogens with zero attached hydrogens (tertiary/aromatic N) is 4. The first-order valence-corrected chi connectivity index (χ1v) is 19.8. The number of nitrogens with one attached hydrogen (secondary N) is 1. The molecule has 0 aromatic heterocycles. The predicted molar refractivity (Wildman–Crippen MR) is 207 cm³/mol. The van der Waals surface area contributed by atoms with Gasteiger partial charge in [0.1, 0.15) is 23.5 Å². The lowest BCUT2D eigenvalue weighted by Gasteiger charge is -2.37. The van der Waals surface area contributed by atoms with Crippen molar-refractivity contribution < 1.29 is 37.8 Å². The van der Waals surface area contributed by atoms with Crippen molar-refractivity contribution in [3.8, 4) is 11.5 Å². The zero-order valence-electron chi connectivity index (χ0n) is 31.7. The Morgan fingerprint density at radius 2 is 1.57 bits per heavy atom. The van der Waals surface area contributed by atoms with Gasteiger partial charge in [-0.05, 0) is 84.3 Å². The highest BCUT2D eigenvalue weighted by atomic mass is 19.3. The minimum atomic E-state index is -3.01. The topological polar surface area (TPSA) is 123 Å². The Hall–Kier alpha value is -5.01. The number of hydrogen-bond acceptors (Lipinski definition) is 8. The number of nitroso groups, excluding NO2 is 1. The average Bonchev–Trinajstić information content (AvgIpc) is 3.54. The summed E-state index contributed by atoms with van der Waals surface area (Å²) in [6.45, 7) is 4.60. The maximum atomic E-state index is 15.0. The highest BCUT2D eigenvalue weighted by Gasteiger charge is 2.58.